The maximum absolute atomic E-state index is 11.4. The lowest BCUT2D eigenvalue weighted by Crippen LogP contribution is -2.43. The lowest BCUT2D eigenvalue weighted by atomic mass is 10.1. The molecule has 0 spiro atoms. The summed E-state index contributed by atoms with van der Waals surface area (Å²) < 4.78 is 5.48. The van der Waals surface area contributed by atoms with Gasteiger partial charge in [-0.2, -0.15) is 0 Å². The quantitative estimate of drug-likeness (QED) is 0.677. The van der Waals surface area contributed by atoms with E-state index in [0.29, 0.717) is 6.54 Å². The summed E-state index contributed by atoms with van der Waals surface area (Å²) in [7, 11) is 1.61. The van der Waals surface area contributed by atoms with E-state index in [1.807, 2.05) is 0 Å². The van der Waals surface area contributed by atoms with Crippen molar-refractivity contribution in [3.05, 3.63) is 0 Å². The van der Waals surface area contributed by atoms with Crippen LogP contribution in [0.25, 0.3) is 0 Å². The number of rotatable bonds is 5. The van der Waals surface area contributed by atoms with Crippen LogP contribution in [0, 0.1) is 0 Å². The van der Waals surface area contributed by atoms with Crippen LogP contribution in [0.1, 0.15) is 19.3 Å². The number of ether oxygens (including phenoxy) is 1. The Morgan fingerprint density at radius 1 is 1.53 bits per heavy atom. The predicted molar refractivity (Wildman–Crippen MR) is 58.3 cm³/mol. The lowest BCUT2D eigenvalue weighted by molar-refractivity contribution is -0.144. The van der Waals surface area contributed by atoms with Crippen LogP contribution in [-0.2, 0) is 14.4 Å². The number of carbonyl (C=O) groups excluding carboxylic acids is 1. The molecule has 0 aromatic rings. The standard InChI is InChI=1S/C10H18N2O5/c1-12(6-8-4-2-3-5-16-8)10(15)11-17-7-9(13)14/h8H,2-7H2,1H3,(H,11,15)(H,13,14). The molecule has 0 saturated carbocycles. The number of carboxylic acid groups (broad SMARTS) is 1. The van der Waals surface area contributed by atoms with Gasteiger partial charge >= 0.3 is 12.0 Å². The number of hydrogen-bond acceptors (Lipinski definition) is 4. The first-order valence-electron chi connectivity index (χ1n) is 5.56. The van der Waals surface area contributed by atoms with Crippen molar-refractivity contribution >= 4 is 12.0 Å². The number of nitrogens with one attached hydrogen (secondary N) is 1. The van der Waals surface area contributed by atoms with E-state index >= 15 is 0 Å². The van der Waals surface area contributed by atoms with Gasteiger partial charge in [-0.05, 0) is 19.3 Å². The molecule has 1 aliphatic heterocycles. The Hall–Kier alpha value is -1.34. The summed E-state index contributed by atoms with van der Waals surface area (Å²) in [6.45, 7) is 0.650. The molecule has 2 N–H and O–H groups in total. The minimum Gasteiger partial charge on any atom is -0.479 e. The van der Waals surface area contributed by atoms with E-state index in [1.54, 1.807) is 7.05 Å². The molecule has 0 aromatic heterocycles. The highest BCUT2D eigenvalue weighted by Gasteiger charge is 2.18. The van der Waals surface area contributed by atoms with Crippen molar-refractivity contribution in [2.24, 2.45) is 0 Å². The molecule has 0 aliphatic carbocycles. The Morgan fingerprint density at radius 3 is 2.88 bits per heavy atom. The Kier molecular flexibility index (Phi) is 5.71. The van der Waals surface area contributed by atoms with Gasteiger partial charge in [0.25, 0.3) is 0 Å². The molecule has 0 aromatic carbocycles. The van der Waals surface area contributed by atoms with Crippen LogP contribution in [0.5, 0.6) is 0 Å². The molecule has 98 valence electrons. The number of aliphatic carboxylic acids is 1. The van der Waals surface area contributed by atoms with Gasteiger partial charge in [-0.25, -0.2) is 15.1 Å². The number of carboxylic acids is 1. The molecular weight excluding hydrogens is 228 g/mol. The zero-order valence-corrected chi connectivity index (χ0v) is 9.85. The van der Waals surface area contributed by atoms with E-state index < -0.39 is 18.6 Å². The SMILES string of the molecule is CN(CC1CCCCO1)C(=O)NOCC(=O)O. The van der Waals surface area contributed by atoms with Gasteiger partial charge in [-0.1, -0.05) is 0 Å². The summed E-state index contributed by atoms with van der Waals surface area (Å²) in [4.78, 5) is 27.5. The molecule has 1 fully saturated rings. The zero-order valence-electron chi connectivity index (χ0n) is 9.85. The van der Waals surface area contributed by atoms with Gasteiger partial charge in [0, 0.05) is 20.2 Å². The Balaban J connectivity index is 2.18. The molecule has 1 atom stereocenters. The van der Waals surface area contributed by atoms with Gasteiger partial charge in [-0.15, -0.1) is 0 Å². The van der Waals surface area contributed by atoms with Gasteiger partial charge in [0.2, 0.25) is 0 Å². The molecule has 2 amide bonds. The maximum Gasteiger partial charge on any atom is 0.341 e. The molecule has 1 heterocycles. The third-order valence-corrected chi connectivity index (χ3v) is 2.45. The van der Waals surface area contributed by atoms with Crippen molar-refractivity contribution in [1.82, 2.24) is 10.4 Å². The maximum atomic E-state index is 11.4. The highest BCUT2D eigenvalue weighted by Crippen LogP contribution is 2.13. The van der Waals surface area contributed by atoms with Gasteiger partial charge in [0.1, 0.15) is 0 Å². The van der Waals surface area contributed by atoms with E-state index in [1.165, 1.54) is 4.90 Å². The fraction of sp³-hybridized carbons (Fsp3) is 0.800. The molecule has 7 nitrogen and oxygen atoms in total. The summed E-state index contributed by atoms with van der Waals surface area (Å²) >= 11 is 0. The molecular formula is C10H18N2O5. The first-order valence-corrected chi connectivity index (χ1v) is 5.56. The van der Waals surface area contributed by atoms with Crippen molar-refractivity contribution in [3.8, 4) is 0 Å². The second kappa shape index (κ2) is 7.08. The van der Waals surface area contributed by atoms with Crippen LogP contribution in [0.4, 0.5) is 4.79 Å². The number of urea groups is 1. The fourth-order valence-corrected chi connectivity index (χ4v) is 1.58. The first kappa shape index (κ1) is 13.7. The summed E-state index contributed by atoms with van der Waals surface area (Å²) in [5.74, 6) is -1.14. The number of hydroxylamine groups is 1. The van der Waals surface area contributed by atoms with E-state index in [2.05, 4.69) is 10.3 Å². The fourth-order valence-electron chi connectivity index (χ4n) is 1.58. The van der Waals surface area contributed by atoms with Crippen LogP contribution >= 0.6 is 0 Å². The zero-order chi connectivity index (χ0) is 12.7. The average Bonchev–Trinajstić information content (AvgIpc) is 2.29. The van der Waals surface area contributed by atoms with Gasteiger partial charge in [0.05, 0.1) is 6.10 Å². The highest BCUT2D eigenvalue weighted by molar-refractivity contribution is 5.73. The molecule has 0 bridgehead atoms. The second-order valence-electron chi connectivity index (χ2n) is 3.96. The minimum absolute atomic E-state index is 0.0546. The Bertz CT molecular complexity index is 265. The predicted octanol–water partition coefficient (Wildman–Crippen LogP) is 0.213. The molecule has 17 heavy (non-hydrogen) atoms. The molecule has 0 radical (unpaired) electrons. The third-order valence-electron chi connectivity index (χ3n) is 2.45. The summed E-state index contributed by atoms with van der Waals surface area (Å²) in [6.07, 6.45) is 3.16. The van der Waals surface area contributed by atoms with E-state index in [-0.39, 0.29) is 6.10 Å². The normalized spacial score (nSPS) is 19.7. The van der Waals surface area contributed by atoms with Gasteiger partial charge < -0.3 is 14.7 Å². The summed E-state index contributed by atoms with van der Waals surface area (Å²) in [6, 6.07) is -0.472. The number of nitrogens with zero attached hydrogens (tertiary/aromatic N) is 1. The Labute approximate surface area is 99.6 Å². The monoisotopic (exact) mass is 246 g/mol. The van der Waals surface area contributed by atoms with Crippen LogP contribution in [0.15, 0.2) is 0 Å². The molecule has 1 saturated heterocycles. The Morgan fingerprint density at radius 2 is 2.29 bits per heavy atom. The van der Waals surface area contributed by atoms with Gasteiger partial charge in [0.15, 0.2) is 6.61 Å². The molecule has 7 heteroatoms. The first-order chi connectivity index (χ1) is 8.09. The molecule has 1 aliphatic rings. The summed E-state index contributed by atoms with van der Waals surface area (Å²) in [5, 5.41) is 8.32. The number of carbonyl (C=O) groups is 2. The summed E-state index contributed by atoms with van der Waals surface area (Å²) in [5.41, 5.74) is 2.05. The number of hydrogen-bond donors (Lipinski definition) is 2. The molecule has 1 rings (SSSR count). The second-order valence-corrected chi connectivity index (χ2v) is 3.96. The highest BCUT2D eigenvalue weighted by atomic mass is 16.7. The van der Waals surface area contributed by atoms with E-state index in [9.17, 15) is 9.59 Å². The molecule has 1 unspecified atom stereocenters. The van der Waals surface area contributed by atoms with Gasteiger partial charge in [-0.3, -0.25) is 4.84 Å². The smallest absolute Gasteiger partial charge is 0.341 e. The van der Waals surface area contributed by atoms with Crippen LogP contribution in [0.2, 0.25) is 0 Å². The average molecular weight is 246 g/mol. The van der Waals surface area contributed by atoms with Crippen molar-refractivity contribution in [2.75, 3.05) is 26.8 Å². The van der Waals surface area contributed by atoms with Crippen molar-refractivity contribution in [1.29, 1.82) is 0 Å². The van der Waals surface area contributed by atoms with Crippen molar-refractivity contribution in [3.63, 3.8) is 0 Å². The minimum atomic E-state index is -1.14. The topological polar surface area (TPSA) is 88.1 Å². The number of amides is 2. The van der Waals surface area contributed by atoms with Crippen LogP contribution in [0.3, 0.4) is 0 Å². The third kappa shape index (κ3) is 5.50. The van der Waals surface area contributed by atoms with Crippen LogP contribution in [-0.4, -0.2) is 54.9 Å². The van der Waals surface area contributed by atoms with E-state index in [4.69, 9.17) is 9.84 Å². The van der Waals surface area contributed by atoms with Crippen LogP contribution < -0.4 is 5.48 Å². The van der Waals surface area contributed by atoms with Crippen molar-refractivity contribution in [2.45, 2.75) is 25.4 Å². The van der Waals surface area contributed by atoms with Crippen molar-refractivity contribution < 1.29 is 24.3 Å². The number of likely N-dealkylation sites (N-methyl/N-ethyl adjacent to an activating group) is 1. The largest absolute Gasteiger partial charge is 0.479 e. The van der Waals surface area contributed by atoms with E-state index in [0.717, 1.165) is 25.9 Å². The lowest BCUT2D eigenvalue weighted by Gasteiger charge is -2.27.